The maximum Gasteiger partial charge on any atom is 0.324 e. The Hall–Kier alpha value is -1.47. The van der Waals surface area contributed by atoms with Crippen molar-refractivity contribution in [1.29, 1.82) is 0 Å². The van der Waals surface area contributed by atoms with Crippen LogP contribution in [0, 0.1) is 10.1 Å². The SMILES string of the molecule is NC(=O)CC(N)c1ccc([N+](=O)[O-])s1. The van der Waals surface area contributed by atoms with E-state index < -0.39 is 16.9 Å². The van der Waals surface area contributed by atoms with Gasteiger partial charge in [0, 0.05) is 23.4 Å². The lowest BCUT2D eigenvalue weighted by atomic mass is 10.2. The van der Waals surface area contributed by atoms with Crippen LogP contribution in [-0.2, 0) is 4.79 Å². The number of nitrogens with two attached hydrogens (primary N) is 2. The third-order valence-corrected chi connectivity index (χ3v) is 2.75. The zero-order valence-corrected chi connectivity index (χ0v) is 7.99. The Morgan fingerprint density at radius 3 is 2.71 bits per heavy atom. The van der Waals surface area contributed by atoms with Crippen LogP contribution in [0.1, 0.15) is 17.3 Å². The summed E-state index contributed by atoms with van der Waals surface area (Å²) in [5.41, 5.74) is 10.5. The Morgan fingerprint density at radius 2 is 2.29 bits per heavy atom. The van der Waals surface area contributed by atoms with Gasteiger partial charge in [-0.05, 0) is 6.07 Å². The van der Waals surface area contributed by atoms with Crippen molar-refractivity contribution < 1.29 is 9.72 Å². The van der Waals surface area contributed by atoms with Crippen LogP contribution in [0.4, 0.5) is 5.00 Å². The summed E-state index contributed by atoms with van der Waals surface area (Å²) in [5, 5.41) is 10.4. The summed E-state index contributed by atoms with van der Waals surface area (Å²) in [5.74, 6) is -0.520. The average Bonchev–Trinajstić information content (AvgIpc) is 2.50. The Bertz CT molecular complexity index is 363. The molecule has 76 valence electrons. The fourth-order valence-corrected chi connectivity index (χ4v) is 1.78. The highest BCUT2D eigenvalue weighted by atomic mass is 32.1. The van der Waals surface area contributed by atoms with Crippen LogP contribution >= 0.6 is 11.3 Å². The molecule has 1 atom stereocenters. The minimum absolute atomic E-state index is 0.00231. The summed E-state index contributed by atoms with van der Waals surface area (Å²) in [7, 11) is 0. The van der Waals surface area contributed by atoms with E-state index in [2.05, 4.69) is 0 Å². The summed E-state index contributed by atoms with van der Waals surface area (Å²) >= 11 is 0.959. The van der Waals surface area contributed by atoms with E-state index in [0.29, 0.717) is 4.88 Å². The first-order valence-corrected chi connectivity index (χ1v) is 4.60. The summed E-state index contributed by atoms with van der Waals surface area (Å²) in [4.78, 5) is 21.0. The van der Waals surface area contributed by atoms with Crippen LogP contribution in [0.2, 0.25) is 0 Å². The molecule has 14 heavy (non-hydrogen) atoms. The second kappa shape index (κ2) is 4.16. The van der Waals surface area contributed by atoms with Gasteiger partial charge in [-0.2, -0.15) is 0 Å². The van der Waals surface area contributed by atoms with Gasteiger partial charge in [0.1, 0.15) is 0 Å². The Labute approximate surface area is 83.7 Å². The number of rotatable bonds is 4. The molecule has 0 spiro atoms. The number of primary amides is 1. The summed E-state index contributed by atoms with van der Waals surface area (Å²) in [6.07, 6.45) is -0.00231. The van der Waals surface area contributed by atoms with Gasteiger partial charge < -0.3 is 11.5 Å². The molecule has 0 saturated heterocycles. The van der Waals surface area contributed by atoms with E-state index in [0.717, 1.165) is 11.3 Å². The average molecular weight is 215 g/mol. The summed E-state index contributed by atoms with van der Waals surface area (Å²) < 4.78 is 0. The van der Waals surface area contributed by atoms with Crippen molar-refractivity contribution in [2.45, 2.75) is 12.5 Å². The quantitative estimate of drug-likeness (QED) is 0.563. The number of nitrogens with zero attached hydrogens (tertiary/aromatic N) is 1. The third-order valence-electron chi connectivity index (χ3n) is 1.58. The third kappa shape index (κ3) is 2.51. The van der Waals surface area contributed by atoms with Crippen molar-refractivity contribution in [2.75, 3.05) is 0 Å². The first-order valence-electron chi connectivity index (χ1n) is 3.78. The monoisotopic (exact) mass is 215 g/mol. The second-order valence-electron chi connectivity index (χ2n) is 2.71. The molecule has 1 aromatic heterocycles. The second-order valence-corrected chi connectivity index (χ2v) is 3.80. The van der Waals surface area contributed by atoms with Crippen molar-refractivity contribution >= 4 is 22.2 Å². The van der Waals surface area contributed by atoms with E-state index in [1.165, 1.54) is 12.1 Å². The maximum atomic E-state index is 10.5. The van der Waals surface area contributed by atoms with Crippen molar-refractivity contribution in [3.05, 3.63) is 27.1 Å². The van der Waals surface area contributed by atoms with Crippen LogP contribution in [0.5, 0.6) is 0 Å². The Kier molecular flexibility index (Phi) is 3.15. The smallest absolute Gasteiger partial charge is 0.324 e. The molecule has 0 aromatic carbocycles. The fourth-order valence-electron chi connectivity index (χ4n) is 0.957. The van der Waals surface area contributed by atoms with Gasteiger partial charge in [-0.3, -0.25) is 14.9 Å². The molecule has 1 rings (SSSR count). The minimum atomic E-state index is -0.550. The molecule has 4 N–H and O–H groups in total. The van der Waals surface area contributed by atoms with Crippen molar-refractivity contribution in [2.24, 2.45) is 11.5 Å². The van der Waals surface area contributed by atoms with E-state index in [1.54, 1.807) is 0 Å². The molecule has 0 aliphatic rings. The normalized spacial score (nSPS) is 12.4. The van der Waals surface area contributed by atoms with Crippen LogP contribution in [0.3, 0.4) is 0 Å². The predicted octanol–water partition coefficient (Wildman–Crippen LogP) is 0.532. The lowest BCUT2D eigenvalue weighted by Gasteiger charge is -2.04. The first kappa shape index (κ1) is 10.6. The van der Waals surface area contributed by atoms with E-state index >= 15 is 0 Å². The number of hydrogen-bond donors (Lipinski definition) is 2. The number of nitro groups is 1. The molecule has 0 fully saturated rings. The van der Waals surface area contributed by atoms with Crippen molar-refractivity contribution in [3.63, 3.8) is 0 Å². The van der Waals surface area contributed by atoms with Gasteiger partial charge in [0.05, 0.1) is 4.92 Å². The van der Waals surface area contributed by atoms with E-state index in [4.69, 9.17) is 11.5 Å². The highest BCUT2D eigenvalue weighted by molar-refractivity contribution is 7.15. The molecule has 0 bridgehead atoms. The Morgan fingerprint density at radius 1 is 1.64 bits per heavy atom. The fraction of sp³-hybridized carbons (Fsp3) is 0.286. The molecule has 1 aromatic rings. The lowest BCUT2D eigenvalue weighted by Crippen LogP contribution is -2.19. The highest BCUT2D eigenvalue weighted by Gasteiger charge is 2.16. The van der Waals surface area contributed by atoms with Crippen molar-refractivity contribution in [3.8, 4) is 0 Å². The van der Waals surface area contributed by atoms with Gasteiger partial charge in [0.15, 0.2) is 0 Å². The van der Waals surface area contributed by atoms with Gasteiger partial charge in [-0.1, -0.05) is 11.3 Å². The molecule has 7 heteroatoms. The molecule has 0 saturated carbocycles. The standard InChI is InChI=1S/C7H9N3O3S/c8-4(3-6(9)11)5-1-2-7(14-5)10(12)13/h1-2,4H,3,8H2,(H2,9,11). The van der Waals surface area contributed by atoms with Gasteiger partial charge >= 0.3 is 5.00 Å². The molecule has 6 nitrogen and oxygen atoms in total. The van der Waals surface area contributed by atoms with Crippen LogP contribution in [-0.4, -0.2) is 10.8 Å². The molecular weight excluding hydrogens is 206 g/mol. The lowest BCUT2D eigenvalue weighted by molar-refractivity contribution is -0.380. The number of carbonyl (C=O) groups excluding carboxylic acids is 1. The number of thiophene rings is 1. The number of amides is 1. The molecule has 1 heterocycles. The largest absolute Gasteiger partial charge is 0.370 e. The Balaban J connectivity index is 2.76. The van der Waals surface area contributed by atoms with E-state index in [-0.39, 0.29) is 11.4 Å². The van der Waals surface area contributed by atoms with Crippen LogP contribution in [0.25, 0.3) is 0 Å². The summed E-state index contributed by atoms with van der Waals surface area (Å²) in [6.45, 7) is 0. The van der Waals surface area contributed by atoms with Gasteiger partial charge in [-0.15, -0.1) is 0 Å². The predicted molar refractivity (Wildman–Crippen MR) is 51.7 cm³/mol. The molecule has 0 aliphatic heterocycles. The number of carbonyl (C=O) groups is 1. The molecule has 1 unspecified atom stereocenters. The minimum Gasteiger partial charge on any atom is -0.370 e. The topological polar surface area (TPSA) is 112 Å². The van der Waals surface area contributed by atoms with Gasteiger partial charge in [0.2, 0.25) is 5.91 Å². The van der Waals surface area contributed by atoms with Crippen LogP contribution in [0.15, 0.2) is 12.1 Å². The zero-order valence-electron chi connectivity index (χ0n) is 7.17. The maximum absolute atomic E-state index is 10.5. The van der Waals surface area contributed by atoms with E-state index in [9.17, 15) is 14.9 Å². The molecular formula is C7H9N3O3S. The highest BCUT2D eigenvalue weighted by Crippen LogP contribution is 2.28. The molecule has 0 aliphatic carbocycles. The van der Waals surface area contributed by atoms with Crippen LogP contribution < -0.4 is 11.5 Å². The molecule has 1 amide bonds. The van der Waals surface area contributed by atoms with E-state index in [1.807, 2.05) is 0 Å². The molecule has 0 radical (unpaired) electrons. The van der Waals surface area contributed by atoms with Crippen molar-refractivity contribution in [1.82, 2.24) is 0 Å². The zero-order chi connectivity index (χ0) is 10.7. The number of hydrogen-bond acceptors (Lipinski definition) is 5. The van der Waals surface area contributed by atoms with Gasteiger partial charge in [-0.25, -0.2) is 0 Å². The first-order chi connectivity index (χ1) is 6.50. The summed E-state index contributed by atoms with van der Waals surface area (Å²) in [6, 6.07) is 2.35. The van der Waals surface area contributed by atoms with Gasteiger partial charge in [0.25, 0.3) is 0 Å².